The number of carbonyl (C=O) groups excluding carboxylic acids is 1. The number of aromatic nitrogens is 1. The maximum absolute atomic E-state index is 14.6. The smallest absolute Gasteiger partial charge is 0.412 e. The van der Waals surface area contributed by atoms with Crippen LogP contribution in [0.4, 0.5) is 17.6 Å². The van der Waals surface area contributed by atoms with Crippen LogP contribution >= 0.6 is 0 Å². The van der Waals surface area contributed by atoms with Gasteiger partial charge in [0.2, 0.25) is 0 Å². The van der Waals surface area contributed by atoms with Crippen molar-refractivity contribution in [2.45, 2.75) is 49.2 Å². The van der Waals surface area contributed by atoms with Crippen molar-refractivity contribution in [3.8, 4) is 17.0 Å². The van der Waals surface area contributed by atoms with Gasteiger partial charge < -0.3 is 14.8 Å². The molecule has 1 N–H and O–H groups in total. The number of piperidine rings is 1. The van der Waals surface area contributed by atoms with Crippen LogP contribution in [-0.2, 0) is 27.8 Å². The van der Waals surface area contributed by atoms with Crippen LogP contribution in [0.2, 0.25) is 0 Å². The Balaban J connectivity index is 1.54. The zero-order valence-corrected chi connectivity index (χ0v) is 29.2. The number of likely N-dealkylation sites (tertiary alicyclic amines) is 1. The van der Waals surface area contributed by atoms with E-state index in [-0.39, 0.29) is 44.9 Å². The maximum Gasteiger partial charge on any atom is 0.412 e. The fraction of sp³-hybridized carbons (Fsp3) is 0.405. The van der Waals surface area contributed by atoms with Gasteiger partial charge >= 0.3 is 6.18 Å². The molecule has 3 heterocycles. The van der Waals surface area contributed by atoms with Crippen LogP contribution in [0.1, 0.15) is 45.9 Å². The molecule has 14 heteroatoms. The van der Waals surface area contributed by atoms with Crippen LogP contribution in [0.5, 0.6) is 5.75 Å². The van der Waals surface area contributed by atoms with Crippen LogP contribution in [0.3, 0.4) is 0 Å². The highest BCUT2D eigenvalue weighted by molar-refractivity contribution is 7.90. The molecule has 0 unspecified atom stereocenters. The average Bonchev–Trinajstić information content (AvgIpc) is 3.13. The summed E-state index contributed by atoms with van der Waals surface area (Å²) < 4.78 is 94.6. The fourth-order valence-electron chi connectivity index (χ4n) is 7.03. The standard InChI is InChI=1S/C37H40F4N4O5S/c1-49-31-21-30-28(20-32(31)51(2,47)48)33(36(46)43-35(37(39,40)41)25-8-4-3-5-9-25)29(34(42-30)26-10-6-7-24(19-26)22-38)23-44-13-11-27(12-14-44)45-15-17-50-18-16-45/h3-10,19-21,27,35H,11-18,22-23H2,1-2H3,(H,43,46)/t35-/m1/s1. The Morgan fingerprint density at radius 3 is 2.35 bits per heavy atom. The van der Waals surface area contributed by atoms with E-state index in [4.69, 9.17) is 14.5 Å². The van der Waals surface area contributed by atoms with E-state index in [1.165, 1.54) is 43.5 Å². The largest absolute Gasteiger partial charge is 0.495 e. The monoisotopic (exact) mass is 728 g/mol. The highest BCUT2D eigenvalue weighted by Gasteiger charge is 2.42. The summed E-state index contributed by atoms with van der Waals surface area (Å²) in [6.07, 6.45) is -2.22. The predicted molar refractivity (Wildman–Crippen MR) is 185 cm³/mol. The molecule has 0 bridgehead atoms. The maximum atomic E-state index is 14.6. The number of hydrogen-bond donors (Lipinski definition) is 1. The van der Waals surface area contributed by atoms with Crippen LogP contribution in [0.15, 0.2) is 71.6 Å². The third-order valence-electron chi connectivity index (χ3n) is 9.59. The first kappa shape index (κ1) is 36.7. The normalized spacial score (nSPS) is 17.4. The molecule has 0 saturated carbocycles. The van der Waals surface area contributed by atoms with Gasteiger partial charge in [-0.1, -0.05) is 48.5 Å². The van der Waals surface area contributed by atoms with Crippen molar-refractivity contribution in [1.82, 2.24) is 20.1 Å². The molecule has 51 heavy (non-hydrogen) atoms. The van der Waals surface area contributed by atoms with E-state index in [0.717, 1.165) is 32.2 Å². The summed E-state index contributed by atoms with van der Waals surface area (Å²) in [5.41, 5.74) is 1.20. The van der Waals surface area contributed by atoms with E-state index in [1.54, 1.807) is 30.3 Å². The second-order valence-corrected chi connectivity index (χ2v) is 14.9. The molecule has 1 aromatic heterocycles. The van der Waals surface area contributed by atoms with Crippen molar-refractivity contribution in [2.24, 2.45) is 0 Å². The summed E-state index contributed by atoms with van der Waals surface area (Å²) in [5, 5.41) is 2.28. The third-order valence-corrected chi connectivity index (χ3v) is 10.7. The van der Waals surface area contributed by atoms with Gasteiger partial charge in [0.15, 0.2) is 15.9 Å². The van der Waals surface area contributed by atoms with Gasteiger partial charge in [-0.25, -0.2) is 17.8 Å². The van der Waals surface area contributed by atoms with Gasteiger partial charge in [-0.2, -0.15) is 13.2 Å². The van der Waals surface area contributed by atoms with E-state index in [2.05, 4.69) is 15.1 Å². The van der Waals surface area contributed by atoms with Crippen molar-refractivity contribution in [3.63, 3.8) is 0 Å². The van der Waals surface area contributed by atoms with E-state index in [0.29, 0.717) is 49.0 Å². The molecule has 9 nitrogen and oxygen atoms in total. The number of carbonyl (C=O) groups is 1. The van der Waals surface area contributed by atoms with Crippen molar-refractivity contribution >= 4 is 26.6 Å². The SMILES string of the molecule is COc1cc2nc(-c3cccc(CF)c3)c(CN3CCC(N4CCOCC4)CC3)c(C(=O)N[C@H](c3ccccc3)C(F)(F)F)c2cc1S(C)(=O)=O. The highest BCUT2D eigenvalue weighted by Crippen LogP contribution is 2.39. The Morgan fingerprint density at radius 2 is 1.73 bits per heavy atom. The van der Waals surface area contributed by atoms with Gasteiger partial charge in [-0.15, -0.1) is 0 Å². The summed E-state index contributed by atoms with van der Waals surface area (Å²) >= 11 is 0. The lowest BCUT2D eigenvalue weighted by atomic mass is 9.93. The van der Waals surface area contributed by atoms with E-state index >= 15 is 0 Å². The van der Waals surface area contributed by atoms with Gasteiger partial charge in [0.1, 0.15) is 17.3 Å². The molecule has 2 fully saturated rings. The van der Waals surface area contributed by atoms with Crippen molar-refractivity contribution in [3.05, 3.63) is 89.0 Å². The highest BCUT2D eigenvalue weighted by atomic mass is 32.2. The molecule has 3 aromatic carbocycles. The minimum atomic E-state index is -4.86. The van der Waals surface area contributed by atoms with E-state index < -0.39 is 34.6 Å². The molecule has 2 saturated heterocycles. The first-order chi connectivity index (χ1) is 24.4. The molecule has 4 aromatic rings. The fourth-order valence-corrected chi connectivity index (χ4v) is 7.87. The molecule has 1 amide bonds. The van der Waals surface area contributed by atoms with Gasteiger partial charge in [0.05, 0.1) is 37.1 Å². The van der Waals surface area contributed by atoms with Crippen LogP contribution in [0, 0.1) is 0 Å². The predicted octanol–water partition coefficient (Wildman–Crippen LogP) is 6.11. The molecule has 0 spiro atoms. The second-order valence-electron chi connectivity index (χ2n) is 13.0. The van der Waals surface area contributed by atoms with Gasteiger partial charge in [0, 0.05) is 54.5 Å². The number of halogens is 4. The number of morpholine rings is 1. The minimum absolute atomic E-state index is 0.0392. The Bertz CT molecular complexity index is 1980. The second kappa shape index (κ2) is 15.2. The molecule has 2 aliphatic rings. The zero-order valence-electron chi connectivity index (χ0n) is 28.4. The molecule has 6 rings (SSSR count). The van der Waals surface area contributed by atoms with Gasteiger partial charge in [-0.3, -0.25) is 14.6 Å². The van der Waals surface area contributed by atoms with Crippen LogP contribution < -0.4 is 10.1 Å². The number of sulfone groups is 1. The number of benzene rings is 3. The Labute approximate surface area is 294 Å². The summed E-state index contributed by atoms with van der Waals surface area (Å²) in [6.45, 7) is 3.65. The minimum Gasteiger partial charge on any atom is -0.495 e. The van der Waals surface area contributed by atoms with Gasteiger partial charge in [0.25, 0.3) is 5.91 Å². The Morgan fingerprint density at radius 1 is 1.02 bits per heavy atom. The number of rotatable bonds is 10. The number of alkyl halides is 4. The number of methoxy groups -OCH3 is 1. The summed E-state index contributed by atoms with van der Waals surface area (Å²) in [5.74, 6) is -1.10. The average molecular weight is 729 g/mol. The molecule has 1 atom stereocenters. The van der Waals surface area contributed by atoms with Crippen LogP contribution in [-0.4, -0.2) is 94.1 Å². The lowest BCUT2D eigenvalue weighted by Gasteiger charge is -2.40. The quantitative estimate of drug-likeness (QED) is 0.195. The lowest BCUT2D eigenvalue weighted by molar-refractivity contribution is -0.155. The number of pyridine rings is 1. The number of amides is 1. The van der Waals surface area contributed by atoms with Crippen LogP contribution in [0.25, 0.3) is 22.2 Å². The van der Waals surface area contributed by atoms with E-state index in [9.17, 15) is 30.8 Å². The first-order valence-corrected chi connectivity index (χ1v) is 18.6. The van der Waals surface area contributed by atoms with E-state index in [1.807, 2.05) is 0 Å². The lowest BCUT2D eigenvalue weighted by Crippen LogP contribution is -2.48. The Kier molecular flexibility index (Phi) is 11.0. The third kappa shape index (κ3) is 8.19. The summed E-state index contributed by atoms with van der Waals surface area (Å²) in [4.78, 5) is 23.7. The zero-order chi connectivity index (χ0) is 36.3. The molecular weight excluding hydrogens is 688 g/mol. The first-order valence-electron chi connectivity index (χ1n) is 16.7. The van der Waals surface area contributed by atoms with Gasteiger partial charge in [-0.05, 0) is 49.2 Å². The summed E-state index contributed by atoms with van der Waals surface area (Å²) in [7, 11) is -2.64. The summed E-state index contributed by atoms with van der Waals surface area (Å²) in [6, 6.07) is 14.2. The van der Waals surface area contributed by atoms with Crippen molar-refractivity contribution in [1.29, 1.82) is 0 Å². The van der Waals surface area contributed by atoms with Crippen molar-refractivity contribution in [2.75, 3.05) is 52.8 Å². The molecule has 0 aliphatic carbocycles. The number of ether oxygens (including phenoxy) is 2. The Hall–Kier alpha value is -4.11. The number of fused-ring (bicyclic) bond motifs is 1. The van der Waals surface area contributed by atoms with Crippen molar-refractivity contribution < 1.29 is 40.2 Å². The topological polar surface area (TPSA) is 101 Å². The number of hydrogen-bond acceptors (Lipinski definition) is 8. The molecular formula is C37H40F4N4O5S. The number of nitrogens with one attached hydrogen (secondary N) is 1. The molecule has 272 valence electrons. The number of nitrogens with zero attached hydrogens (tertiary/aromatic N) is 3. The molecule has 2 aliphatic heterocycles. The molecule has 0 radical (unpaired) electrons.